The van der Waals surface area contributed by atoms with Gasteiger partial charge in [-0.3, -0.25) is 9.59 Å². The van der Waals surface area contributed by atoms with Gasteiger partial charge in [0.15, 0.2) is 0 Å². The van der Waals surface area contributed by atoms with Gasteiger partial charge >= 0.3 is 7.12 Å². The molecule has 26 heavy (non-hydrogen) atoms. The number of anilines is 1. The molecule has 2 rings (SSSR count). The van der Waals surface area contributed by atoms with Crippen molar-refractivity contribution >= 4 is 24.8 Å². The van der Waals surface area contributed by atoms with Crippen LogP contribution in [0, 0.1) is 11.7 Å². The van der Waals surface area contributed by atoms with Crippen LogP contribution in [0.15, 0.2) is 18.3 Å². The topological polar surface area (TPSA) is 115 Å². The molecular formula is C16H24BFN4O4. The molecule has 1 fully saturated rings. The van der Waals surface area contributed by atoms with E-state index < -0.39 is 30.8 Å². The highest BCUT2D eigenvalue weighted by atomic mass is 19.1. The summed E-state index contributed by atoms with van der Waals surface area (Å²) in [5, 5.41) is 23.7. The Morgan fingerprint density at radius 3 is 2.65 bits per heavy atom. The lowest BCUT2D eigenvalue weighted by Crippen LogP contribution is -2.58. The third-order valence-corrected chi connectivity index (χ3v) is 4.18. The van der Waals surface area contributed by atoms with Crippen LogP contribution in [0.3, 0.4) is 0 Å². The van der Waals surface area contributed by atoms with E-state index in [4.69, 9.17) is 0 Å². The minimum atomic E-state index is -1.66. The standard InChI is InChI=1S/C16H24BFN4O4/c1-10(2)7-13(17(25)26)21-15(23)9-20-16(24)12-5-6-22(12)14-4-3-11(18)8-19-14/h3-4,8,10,12-13,25-26H,5-7,9H2,1-2H3,(H,20,24)(H,21,23)/t12-,13-/m0/s1. The first-order valence-corrected chi connectivity index (χ1v) is 8.59. The molecule has 0 saturated carbocycles. The molecule has 1 aliphatic heterocycles. The van der Waals surface area contributed by atoms with Gasteiger partial charge < -0.3 is 25.6 Å². The molecule has 0 aromatic carbocycles. The second-order valence-electron chi connectivity index (χ2n) is 6.77. The van der Waals surface area contributed by atoms with E-state index in [0.29, 0.717) is 25.2 Å². The van der Waals surface area contributed by atoms with E-state index in [1.54, 1.807) is 4.90 Å². The summed E-state index contributed by atoms with van der Waals surface area (Å²) in [6.45, 7) is 4.16. The number of halogens is 1. The first kappa shape index (κ1) is 20.1. The molecular weight excluding hydrogens is 342 g/mol. The Bertz CT molecular complexity index is 629. The van der Waals surface area contributed by atoms with Gasteiger partial charge in [-0.1, -0.05) is 13.8 Å². The maximum atomic E-state index is 12.9. The molecule has 2 heterocycles. The van der Waals surface area contributed by atoms with Crippen LogP contribution < -0.4 is 15.5 Å². The SMILES string of the molecule is CC(C)C[C@H](NC(=O)CNC(=O)[C@@H]1CCN1c1ccc(F)cn1)B(O)O. The lowest BCUT2D eigenvalue weighted by Gasteiger charge is -2.40. The van der Waals surface area contributed by atoms with E-state index in [1.807, 2.05) is 13.8 Å². The molecule has 0 spiro atoms. The number of hydrogen-bond acceptors (Lipinski definition) is 6. The Kier molecular flexibility index (Phi) is 6.93. The zero-order valence-corrected chi connectivity index (χ0v) is 14.9. The van der Waals surface area contributed by atoms with E-state index in [9.17, 15) is 24.0 Å². The summed E-state index contributed by atoms with van der Waals surface area (Å²) >= 11 is 0. The summed E-state index contributed by atoms with van der Waals surface area (Å²) in [7, 11) is -1.66. The fraction of sp³-hybridized carbons (Fsp3) is 0.562. The summed E-state index contributed by atoms with van der Waals surface area (Å²) in [5.74, 6) is -1.39. The molecule has 0 unspecified atom stereocenters. The number of amides is 2. The average Bonchev–Trinajstić information content (AvgIpc) is 2.53. The molecule has 142 valence electrons. The van der Waals surface area contributed by atoms with Gasteiger partial charge in [-0.2, -0.15) is 0 Å². The number of pyridine rings is 1. The van der Waals surface area contributed by atoms with Gasteiger partial charge in [0.2, 0.25) is 11.8 Å². The number of nitrogens with one attached hydrogen (secondary N) is 2. The number of carbonyl (C=O) groups excluding carboxylic acids is 2. The Morgan fingerprint density at radius 2 is 2.15 bits per heavy atom. The third-order valence-electron chi connectivity index (χ3n) is 4.18. The molecule has 0 bridgehead atoms. The second-order valence-corrected chi connectivity index (χ2v) is 6.77. The van der Waals surface area contributed by atoms with Gasteiger partial charge in [0.1, 0.15) is 17.7 Å². The van der Waals surface area contributed by atoms with Crippen molar-refractivity contribution in [1.82, 2.24) is 15.6 Å². The van der Waals surface area contributed by atoms with Crippen molar-refractivity contribution in [1.29, 1.82) is 0 Å². The first-order chi connectivity index (χ1) is 12.3. The van der Waals surface area contributed by atoms with Crippen LogP contribution in [-0.2, 0) is 9.59 Å². The summed E-state index contributed by atoms with van der Waals surface area (Å²) < 4.78 is 12.9. The number of aromatic nitrogens is 1. The zero-order valence-electron chi connectivity index (χ0n) is 14.9. The lowest BCUT2D eigenvalue weighted by molar-refractivity contribution is -0.127. The van der Waals surface area contributed by atoms with Crippen LogP contribution in [0.1, 0.15) is 26.7 Å². The van der Waals surface area contributed by atoms with E-state index in [0.717, 1.165) is 6.20 Å². The summed E-state index contributed by atoms with van der Waals surface area (Å²) in [4.78, 5) is 29.9. The van der Waals surface area contributed by atoms with Crippen LogP contribution in [0.4, 0.5) is 10.2 Å². The summed E-state index contributed by atoms with van der Waals surface area (Å²) in [5.41, 5.74) is 0. The van der Waals surface area contributed by atoms with E-state index in [1.165, 1.54) is 12.1 Å². The number of nitrogens with zero attached hydrogens (tertiary/aromatic N) is 2. The van der Waals surface area contributed by atoms with E-state index in [2.05, 4.69) is 15.6 Å². The predicted molar refractivity (Wildman–Crippen MR) is 94.5 cm³/mol. The molecule has 8 nitrogen and oxygen atoms in total. The fourth-order valence-corrected chi connectivity index (χ4v) is 2.78. The van der Waals surface area contributed by atoms with Crippen LogP contribution in [0.25, 0.3) is 0 Å². The summed E-state index contributed by atoms with van der Waals surface area (Å²) in [6.07, 6.45) is 2.10. The highest BCUT2D eigenvalue weighted by Gasteiger charge is 2.35. The molecule has 1 aromatic rings. The molecule has 2 atom stereocenters. The average molecular weight is 366 g/mol. The molecule has 0 aliphatic carbocycles. The Labute approximate surface area is 151 Å². The van der Waals surface area contributed by atoms with Crippen LogP contribution in [-0.4, -0.2) is 59.0 Å². The highest BCUT2D eigenvalue weighted by Crippen LogP contribution is 2.24. The fourth-order valence-electron chi connectivity index (χ4n) is 2.78. The predicted octanol–water partition coefficient (Wildman–Crippen LogP) is -0.541. The van der Waals surface area contributed by atoms with Gasteiger partial charge in [-0.05, 0) is 30.9 Å². The molecule has 0 radical (unpaired) electrons. The molecule has 1 saturated heterocycles. The normalized spacial score (nSPS) is 17.5. The van der Waals surface area contributed by atoms with Crippen molar-refractivity contribution in [2.75, 3.05) is 18.0 Å². The third kappa shape index (κ3) is 5.40. The largest absolute Gasteiger partial charge is 0.475 e. The van der Waals surface area contributed by atoms with Gasteiger partial charge in [-0.15, -0.1) is 0 Å². The van der Waals surface area contributed by atoms with Gasteiger partial charge in [0, 0.05) is 6.54 Å². The zero-order chi connectivity index (χ0) is 19.3. The van der Waals surface area contributed by atoms with Crippen molar-refractivity contribution < 1.29 is 24.0 Å². The Balaban J connectivity index is 1.82. The molecule has 1 aromatic heterocycles. The van der Waals surface area contributed by atoms with Crippen molar-refractivity contribution in [2.24, 2.45) is 5.92 Å². The summed E-state index contributed by atoms with van der Waals surface area (Å²) in [6, 6.07) is 2.31. The second kappa shape index (κ2) is 8.95. The van der Waals surface area contributed by atoms with Crippen LogP contribution >= 0.6 is 0 Å². The molecule has 1 aliphatic rings. The van der Waals surface area contributed by atoms with Gasteiger partial charge in [0.05, 0.1) is 18.7 Å². The van der Waals surface area contributed by atoms with Crippen LogP contribution in [0.5, 0.6) is 0 Å². The number of rotatable bonds is 8. The molecule has 2 amide bonds. The smallest absolute Gasteiger partial charge is 0.426 e. The van der Waals surface area contributed by atoms with Crippen molar-refractivity contribution in [3.05, 3.63) is 24.1 Å². The van der Waals surface area contributed by atoms with Crippen molar-refractivity contribution in [2.45, 2.75) is 38.7 Å². The maximum Gasteiger partial charge on any atom is 0.475 e. The molecule has 10 heteroatoms. The van der Waals surface area contributed by atoms with Crippen LogP contribution in [0.2, 0.25) is 0 Å². The van der Waals surface area contributed by atoms with Gasteiger partial charge in [0.25, 0.3) is 0 Å². The first-order valence-electron chi connectivity index (χ1n) is 8.59. The molecule has 4 N–H and O–H groups in total. The van der Waals surface area contributed by atoms with Crippen molar-refractivity contribution in [3.8, 4) is 0 Å². The highest BCUT2D eigenvalue weighted by molar-refractivity contribution is 6.43. The monoisotopic (exact) mass is 366 g/mol. The minimum absolute atomic E-state index is 0.170. The Hall–Kier alpha value is -2.20. The van der Waals surface area contributed by atoms with Gasteiger partial charge in [-0.25, -0.2) is 9.37 Å². The lowest BCUT2D eigenvalue weighted by atomic mass is 9.75. The van der Waals surface area contributed by atoms with Crippen molar-refractivity contribution in [3.63, 3.8) is 0 Å². The minimum Gasteiger partial charge on any atom is -0.426 e. The van der Waals surface area contributed by atoms with E-state index in [-0.39, 0.29) is 18.4 Å². The number of carbonyl (C=O) groups is 2. The Morgan fingerprint density at radius 1 is 1.42 bits per heavy atom. The maximum absolute atomic E-state index is 12.9. The quantitative estimate of drug-likeness (QED) is 0.460. The number of hydrogen-bond donors (Lipinski definition) is 4. The van der Waals surface area contributed by atoms with E-state index >= 15 is 0 Å².